The van der Waals surface area contributed by atoms with Gasteiger partial charge in [0.2, 0.25) is 0 Å². The molecule has 0 radical (unpaired) electrons. The van der Waals surface area contributed by atoms with E-state index >= 15 is 0 Å². The van der Waals surface area contributed by atoms with Crippen LogP contribution in [-0.2, 0) is 6.54 Å². The Bertz CT molecular complexity index is 274. The van der Waals surface area contributed by atoms with Crippen LogP contribution in [0.2, 0.25) is 0 Å². The largest absolute Gasteiger partial charge is 1.00 e. The predicted molar refractivity (Wildman–Crippen MR) is 57.0 cm³/mol. The van der Waals surface area contributed by atoms with Crippen molar-refractivity contribution in [3.05, 3.63) is 29.3 Å². The lowest BCUT2D eigenvalue weighted by Gasteiger charge is -2.11. The van der Waals surface area contributed by atoms with Crippen molar-refractivity contribution in [2.75, 3.05) is 14.1 Å². The summed E-state index contributed by atoms with van der Waals surface area (Å²) in [7, 11) is 3.98. The van der Waals surface area contributed by atoms with Gasteiger partial charge in [0.1, 0.15) is 5.75 Å². The molecule has 0 unspecified atom stereocenters. The van der Waals surface area contributed by atoms with Crippen LogP contribution < -0.4 is 24.0 Å². The second-order valence-electron chi connectivity index (χ2n) is 3.37. The SMILES string of the molecule is C.Cc1ccc(O)c(CN(C)C)c1.[I-]. The van der Waals surface area contributed by atoms with Gasteiger partial charge in [-0.05, 0) is 27.1 Å². The fraction of sp³-hybridized carbons (Fsp3) is 0.455. The molecule has 0 saturated heterocycles. The molecule has 1 rings (SSSR count). The number of rotatable bonds is 2. The van der Waals surface area contributed by atoms with E-state index in [0.717, 1.165) is 12.1 Å². The molecular formula is C11H19INO-. The molecule has 1 N–H and O–H groups in total. The van der Waals surface area contributed by atoms with E-state index in [0.29, 0.717) is 5.75 Å². The molecule has 0 atom stereocenters. The third-order valence-electron chi connectivity index (χ3n) is 1.72. The standard InChI is InChI=1S/C10H15NO.CH4.HI/c1-8-4-5-10(12)9(6-8)7-11(2)3;;/h4-6,12H,7H2,1-3H3;1H4;1H/p-1. The van der Waals surface area contributed by atoms with E-state index in [1.807, 2.05) is 38.1 Å². The molecule has 0 spiro atoms. The van der Waals surface area contributed by atoms with Crippen molar-refractivity contribution in [3.8, 4) is 5.75 Å². The summed E-state index contributed by atoms with van der Waals surface area (Å²) in [5.41, 5.74) is 2.17. The normalized spacial score (nSPS) is 9.14. The van der Waals surface area contributed by atoms with Gasteiger partial charge in [-0.2, -0.15) is 0 Å². The van der Waals surface area contributed by atoms with Gasteiger partial charge in [-0.15, -0.1) is 0 Å². The highest BCUT2D eigenvalue weighted by molar-refractivity contribution is 5.35. The number of phenolic OH excluding ortho intramolecular Hbond substituents is 1. The minimum Gasteiger partial charge on any atom is -1.00 e. The molecule has 0 fully saturated rings. The number of hydrogen-bond donors (Lipinski definition) is 1. The van der Waals surface area contributed by atoms with Crippen LogP contribution in [0.1, 0.15) is 18.6 Å². The summed E-state index contributed by atoms with van der Waals surface area (Å²) in [4.78, 5) is 2.04. The highest BCUT2D eigenvalue weighted by atomic mass is 127. The Morgan fingerprint density at radius 3 is 2.36 bits per heavy atom. The molecule has 0 aliphatic rings. The van der Waals surface area contributed by atoms with Crippen molar-refractivity contribution in [2.45, 2.75) is 20.9 Å². The zero-order chi connectivity index (χ0) is 9.14. The van der Waals surface area contributed by atoms with Gasteiger partial charge in [-0.25, -0.2) is 0 Å². The van der Waals surface area contributed by atoms with E-state index in [1.54, 1.807) is 6.07 Å². The first kappa shape index (κ1) is 16.2. The molecule has 0 aliphatic carbocycles. The van der Waals surface area contributed by atoms with Crippen LogP contribution in [0.15, 0.2) is 18.2 Å². The Balaban J connectivity index is 0. The Morgan fingerprint density at radius 1 is 1.29 bits per heavy atom. The Morgan fingerprint density at radius 2 is 1.86 bits per heavy atom. The highest BCUT2D eigenvalue weighted by Crippen LogP contribution is 2.18. The molecule has 3 heteroatoms. The predicted octanol–water partition coefficient (Wildman–Crippen LogP) is -0.598. The third kappa shape index (κ3) is 4.81. The number of nitrogens with zero attached hydrogens (tertiary/aromatic N) is 1. The fourth-order valence-electron chi connectivity index (χ4n) is 1.18. The summed E-state index contributed by atoms with van der Waals surface area (Å²) < 4.78 is 0. The average molecular weight is 308 g/mol. The maximum absolute atomic E-state index is 9.46. The molecule has 0 saturated carbocycles. The van der Waals surface area contributed by atoms with Crippen LogP contribution in [-0.4, -0.2) is 24.1 Å². The third-order valence-corrected chi connectivity index (χ3v) is 1.72. The van der Waals surface area contributed by atoms with E-state index < -0.39 is 0 Å². The van der Waals surface area contributed by atoms with Crippen molar-refractivity contribution in [1.82, 2.24) is 4.90 Å². The van der Waals surface area contributed by atoms with Gasteiger partial charge in [0.15, 0.2) is 0 Å². The van der Waals surface area contributed by atoms with Crippen LogP contribution in [0.5, 0.6) is 5.75 Å². The molecular weight excluding hydrogens is 289 g/mol. The summed E-state index contributed by atoms with van der Waals surface area (Å²) in [6.07, 6.45) is 0. The average Bonchev–Trinajstić information content (AvgIpc) is 1.96. The van der Waals surface area contributed by atoms with Crippen molar-refractivity contribution < 1.29 is 29.1 Å². The van der Waals surface area contributed by atoms with E-state index in [9.17, 15) is 5.11 Å². The minimum absolute atomic E-state index is 0. The molecule has 1 aromatic rings. The van der Waals surface area contributed by atoms with E-state index in [2.05, 4.69) is 0 Å². The number of benzene rings is 1. The van der Waals surface area contributed by atoms with Crippen LogP contribution in [0.25, 0.3) is 0 Å². The topological polar surface area (TPSA) is 23.5 Å². The first-order valence-electron chi connectivity index (χ1n) is 4.03. The van der Waals surface area contributed by atoms with Crippen molar-refractivity contribution in [2.24, 2.45) is 0 Å². The van der Waals surface area contributed by atoms with Crippen LogP contribution in [0.4, 0.5) is 0 Å². The Kier molecular flexibility index (Phi) is 8.15. The van der Waals surface area contributed by atoms with Crippen LogP contribution in [0.3, 0.4) is 0 Å². The van der Waals surface area contributed by atoms with Gasteiger partial charge >= 0.3 is 0 Å². The van der Waals surface area contributed by atoms with Gasteiger partial charge in [-0.3, -0.25) is 0 Å². The van der Waals surface area contributed by atoms with E-state index in [1.165, 1.54) is 5.56 Å². The number of hydrogen-bond acceptors (Lipinski definition) is 2. The number of aromatic hydroxyl groups is 1. The number of aryl methyl sites for hydroxylation is 1. The van der Waals surface area contributed by atoms with Crippen LogP contribution >= 0.6 is 0 Å². The maximum Gasteiger partial charge on any atom is 0.120 e. The van der Waals surface area contributed by atoms with Gasteiger partial charge in [-0.1, -0.05) is 25.1 Å². The quantitative estimate of drug-likeness (QED) is 0.738. The molecule has 0 heterocycles. The van der Waals surface area contributed by atoms with Gasteiger partial charge in [0.05, 0.1) is 0 Å². The summed E-state index contributed by atoms with van der Waals surface area (Å²) in [6.45, 7) is 2.81. The highest BCUT2D eigenvalue weighted by Gasteiger charge is 2.01. The zero-order valence-electron chi connectivity index (χ0n) is 8.21. The fourth-order valence-corrected chi connectivity index (χ4v) is 1.18. The second-order valence-corrected chi connectivity index (χ2v) is 3.37. The smallest absolute Gasteiger partial charge is 0.120 e. The monoisotopic (exact) mass is 308 g/mol. The molecule has 82 valence electrons. The van der Waals surface area contributed by atoms with E-state index in [4.69, 9.17) is 0 Å². The summed E-state index contributed by atoms with van der Waals surface area (Å²) in [5, 5.41) is 9.46. The van der Waals surface area contributed by atoms with Crippen molar-refractivity contribution in [1.29, 1.82) is 0 Å². The lowest BCUT2D eigenvalue weighted by Crippen LogP contribution is -3.00. The maximum atomic E-state index is 9.46. The Hall–Kier alpha value is -0.290. The van der Waals surface area contributed by atoms with Crippen molar-refractivity contribution >= 4 is 0 Å². The molecule has 0 aromatic heterocycles. The zero-order valence-corrected chi connectivity index (χ0v) is 10.4. The molecule has 14 heavy (non-hydrogen) atoms. The van der Waals surface area contributed by atoms with E-state index in [-0.39, 0.29) is 31.4 Å². The van der Waals surface area contributed by atoms with Gasteiger partial charge in [0.25, 0.3) is 0 Å². The molecule has 0 bridgehead atoms. The first-order valence-corrected chi connectivity index (χ1v) is 4.03. The lowest BCUT2D eigenvalue weighted by molar-refractivity contribution is -0.00000409. The lowest BCUT2D eigenvalue weighted by atomic mass is 10.1. The second kappa shape index (κ2) is 7.06. The molecule has 0 aliphatic heterocycles. The Labute approximate surface area is 104 Å². The molecule has 0 amide bonds. The minimum atomic E-state index is 0. The first-order chi connectivity index (χ1) is 5.59. The van der Waals surface area contributed by atoms with Gasteiger partial charge in [0, 0.05) is 12.1 Å². The molecule has 2 nitrogen and oxygen atoms in total. The summed E-state index contributed by atoms with van der Waals surface area (Å²) in [5.74, 6) is 0.384. The van der Waals surface area contributed by atoms with Crippen molar-refractivity contribution in [3.63, 3.8) is 0 Å². The van der Waals surface area contributed by atoms with Gasteiger partial charge < -0.3 is 34.0 Å². The van der Waals surface area contributed by atoms with Crippen LogP contribution in [0, 0.1) is 6.92 Å². The summed E-state index contributed by atoms with van der Waals surface area (Å²) >= 11 is 0. The molecule has 1 aromatic carbocycles. The number of phenols is 1. The number of halogens is 1. The summed E-state index contributed by atoms with van der Waals surface area (Å²) in [6, 6.07) is 5.66.